The molecule has 4 N–H and O–H groups in total. The first kappa shape index (κ1) is 24.2. The summed E-state index contributed by atoms with van der Waals surface area (Å²) < 4.78 is 0. The highest BCUT2D eigenvalue weighted by Crippen LogP contribution is 2.68. The van der Waals surface area contributed by atoms with Crippen LogP contribution in [0.4, 0.5) is 0 Å². The molecule has 0 saturated heterocycles. The van der Waals surface area contributed by atoms with Crippen molar-refractivity contribution in [2.75, 3.05) is 0 Å². The highest BCUT2D eigenvalue weighted by atomic mass is 16.4. The van der Waals surface area contributed by atoms with Gasteiger partial charge in [-0.2, -0.15) is 0 Å². The molecule has 0 heterocycles. The first-order valence-electron chi connectivity index (χ1n) is 12.9. The Balaban J connectivity index is 1.54. The number of carbonyl (C=O) groups is 1. The number of aliphatic hydroxyl groups is 3. The maximum atomic E-state index is 11.6. The largest absolute Gasteiger partial charge is 0.478 e. The Bertz CT molecular complexity index is 748. The third-order valence-electron chi connectivity index (χ3n) is 10.9. The lowest BCUT2D eigenvalue weighted by Gasteiger charge is -2.63. The first-order chi connectivity index (χ1) is 15.0. The van der Waals surface area contributed by atoms with Gasteiger partial charge in [-0.15, -0.1) is 0 Å². The molecule has 5 heteroatoms. The second-order valence-corrected chi connectivity index (χ2v) is 12.3. The molecule has 0 spiro atoms. The van der Waals surface area contributed by atoms with Crippen LogP contribution in [0.25, 0.3) is 0 Å². The van der Waals surface area contributed by atoms with E-state index in [1.54, 1.807) is 6.92 Å². The van der Waals surface area contributed by atoms with Gasteiger partial charge >= 0.3 is 5.97 Å². The molecule has 4 fully saturated rings. The first-order valence-corrected chi connectivity index (χ1v) is 12.9. The van der Waals surface area contributed by atoms with E-state index >= 15 is 0 Å². The lowest BCUT2D eigenvalue weighted by molar-refractivity contribution is -0.207. The summed E-state index contributed by atoms with van der Waals surface area (Å²) in [5.41, 5.74) is 0.317. The van der Waals surface area contributed by atoms with Gasteiger partial charge in [-0.3, -0.25) is 0 Å². The molecular formula is C27H44O5. The van der Waals surface area contributed by atoms with E-state index in [-0.39, 0.29) is 35.1 Å². The summed E-state index contributed by atoms with van der Waals surface area (Å²) in [6.45, 7) is 8.55. The number of fused-ring (bicyclic) bond motifs is 5. The van der Waals surface area contributed by atoms with Crippen LogP contribution >= 0.6 is 0 Å². The summed E-state index contributed by atoms with van der Waals surface area (Å²) in [4.78, 5) is 11.1. The Labute approximate surface area is 193 Å². The fourth-order valence-corrected chi connectivity index (χ4v) is 8.98. The molecule has 3 unspecified atom stereocenters. The van der Waals surface area contributed by atoms with Gasteiger partial charge in [0.1, 0.15) is 0 Å². The third kappa shape index (κ3) is 3.76. The minimum Gasteiger partial charge on any atom is -0.478 e. The third-order valence-corrected chi connectivity index (χ3v) is 10.9. The SMILES string of the molecule is CC(=CCC[C@@H](C)[C@H]1CCC2C3C(C[C@H](O)[C@@]21C)[C@@]1(C)CC[C@@H](O)C[C@H]1C[C@H]3O)C(=O)O. The van der Waals surface area contributed by atoms with Crippen molar-refractivity contribution in [3.8, 4) is 0 Å². The van der Waals surface area contributed by atoms with Gasteiger partial charge in [0.25, 0.3) is 0 Å². The summed E-state index contributed by atoms with van der Waals surface area (Å²) in [5, 5.41) is 42.3. The quantitative estimate of drug-likeness (QED) is 0.468. The molecule has 32 heavy (non-hydrogen) atoms. The van der Waals surface area contributed by atoms with Crippen LogP contribution in [0.2, 0.25) is 0 Å². The zero-order valence-electron chi connectivity index (χ0n) is 20.3. The molecule has 4 saturated carbocycles. The summed E-state index contributed by atoms with van der Waals surface area (Å²) >= 11 is 0. The van der Waals surface area contributed by atoms with E-state index in [2.05, 4.69) is 20.8 Å². The van der Waals surface area contributed by atoms with E-state index in [1.807, 2.05) is 6.08 Å². The van der Waals surface area contributed by atoms with E-state index in [0.717, 1.165) is 57.8 Å². The topological polar surface area (TPSA) is 98.0 Å². The fourth-order valence-electron chi connectivity index (χ4n) is 8.98. The number of carboxylic acid groups (broad SMARTS) is 1. The lowest BCUT2D eigenvalue weighted by atomic mass is 9.43. The van der Waals surface area contributed by atoms with Gasteiger partial charge in [0, 0.05) is 5.57 Å². The second kappa shape index (κ2) is 8.70. The maximum absolute atomic E-state index is 11.6. The van der Waals surface area contributed by atoms with Gasteiger partial charge in [0.15, 0.2) is 0 Å². The molecule has 11 atom stereocenters. The summed E-state index contributed by atoms with van der Waals surface area (Å²) in [7, 11) is 0. The van der Waals surface area contributed by atoms with Crippen molar-refractivity contribution in [3.05, 3.63) is 11.6 Å². The summed E-state index contributed by atoms with van der Waals surface area (Å²) in [6, 6.07) is 0. The number of aliphatic carboxylic acids is 1. The molecule has 4 aliphatic rings. The van der Waals surface area contributed by atoms with E-state index in [0.29, 0.717) is 35.2 Å². The Morgan fingerprint density at radius 1 is 1.06 bits per heavy atom. The molecule has 0 amide bonds. The van der Waals surface area contributed by atoms with Crippen molar-refractivity contribution in [2.24, 2.45) is 46.3 Å². The van der Waals surface area contributed by atoms with E-state index in [4.69, 9.17) is 5.11 Å². The lowest BCUT2D eigenvalue weighted by Crippen LogP contribution is -2.62. The van der Waals surface area contributed by atoms with Crippen molar-refractivity contribution >= 4 is 5.97 Å². The van der Waals surface area contributed by atoms with Gasteiger partial charge in [0.05, 0.1) is 18.3 Å². The van der Waals surface area contributed by atoms with Crippen molar-refractivity contribution in [3.63, 3.8) is 0 Å². The van der Waals surface area contributed by atoms with Crippen LogP contribution < -0.4 is 0 Å². The number of carboxylic acids is 1. The molecule has 0 aliphatic heterocycles. The average Bonchev–Trinajstić information content (AvgIpc) is 3.08. The van der Waals surface area contributed by atoms with Crippen LogP contribution in [0, 0.1) is 46.3 Å². The molecule has 0 aromatic heterocycles. The standard InChI is InChI=1S/C27H44O5/c1-15(6-5-7-16(2)25(31)32)19-8-9-20-24-21(14-23(30)27(19,20)4)26(3)11-10-18(28)12-17(26)13-22(24)29/h7,15,17-24,28-30H,5-6,8-14H2,1-4H3,(H,31,32)/t15-,17+,18-,19-,20?,21?,22-,23+,24?,26+,27-/m1/s1. The Morgan fingerprint density at radius 3 is 2.47 bits per heavy atom. The van der Waals surface area contributed by atoms with Gasteiger partial charge < -0.3 is 20.4 Å². The molecule has 0 bridgehead atoms. The number of aliphatic hydroxyl groups excluding tert-OH is 3. The van der Waals surface area contributed by atoms with Crippen molar-refractivity contribution < 1.29 is 25.2 Å². The molecule has 4 aliphatic carbocycles. The minimum absolute atomic E-state index is 0.105. The molecule has 0 aromatic carbocycles. The van der Waals surface area contributed by atoms with Crippen molar-refractivity contribution in [1.29, 1.82) is 0 Å². The van der Waals surface area contributed by atoms with Gasteiger partial charge in [-0.1, -0.05) is 26.8 Å². The smallest absolute Gasteiger partial charge is 0.330 e. The van der Waals surface area contributed by atoms with Crippen molar-refractivity contribution in [2.45, 2.75) is 104 Å². The molecule has 182 valence electrons. The Kier molecular flexibility index (Phi) is 6.59. The number of hydrogen-bond acceptors (Lipinski definition) is 4. The van der Waals surface area contributed by atoms with E-state index in [1.165, 1.54) is 0 Å². The second-order valence-electron chi connectivity index (χ2n) is 12.3. The molecule has 0 aromatic rings. The van der Waals surface area contributed by atoms with Crippen LogP contribution in [0.5, 0.6) is 0 Å². The number of rotatable bonds is 5. The van der Waals surface area contributed by atoms with Crippen molar-refractivity contribution in [1.82, 2.24) is 0 Å². The van der Waals surface area contributed by atoms with E-state index in [9.17, 15) is 20.1 Å². The van der Waals surface area contributed by atoms with E-state index < -0.39 is 5.97 Å². The van der Waals surface area contributed by atoms with Crippen LogP contribution in [0.3, 0.4) is 0 Å². The predicted molar refractivity (Wildman–Crippen MR) is 124 cm³/mol. The molecule has 0 radical (unpaired) electrons. The normalized spacial score (nSPS) is 49.7. The molecule has 4 rings (SSSR count). The minimum atomic E-state index is -0.854. The van der Waals surface area contributed by atoms with Crippen LogP contribution in [0.15, 0.2) is 11.6 Å². The summed E-state index contributed by atoms with van der Waals surface area (Å²) in [6.07, 6.45) is 8.88. The Morgan fingerprint density at radius 2 is 1.78 bits per heavy atom. The average molecular weight is 449 g/mol. The monoisotopic (exact) mass is 448 g/mol. The number of allylic oxidation sites excluding steroid dienone is 1. The Hall–Kier alpha value is -0.910. The van der Waals surface area contributed by atoms with Gasteiger partial charge in [0.2, 0.25) is 0 Å². The molecular weight excluding hydrogens is 404 g/mol. The van der Waals surface area contributed by atoms with Crippen LogP contribution in [0.1, 0.15) is 85.5 Å². The number of hydrogen-bond donors (Lipinski definition) is 4. The fraction of sp³-hybridized carbons (Fsp3) is 0.889. The maximum Gasteiger partial charge on any atom is 0.330 e. The highest BCUT2D eigenvalue weighted by molar-refractivity contribution is 5.85. The van der Waals surface area contributed by atoms with Gasteiger partial charge in [-0.05, 0) is 111 Å². The summed E-state index contributed by atoms with van der Waals surface area (Å²) in [5.74, 6) is 1.20. The zero-order valence-corrected chi connectivity index (χ0v) is 20.3. The highest BCUT2D eigenvalue weighted by Gasteiger charge is 2.65. The van der Waals surface area contributed by atoms with Crippen LogP contribution in [-0.4, -0.2) is 44.7 Å². The molecule has 5 nitrogen and oxygen atoms in total. The van der Waals surface area contributed by atoms with Gasteiger partial charge in [-0.25, -0.2) is 4.79 Å². The predicted octanol–water partition coefficient (Wildman–Crippen LogP) is 4.40. The van der Waals surface area contributed by atoms with Crippen LogP contribution in [-0.2, 0) is 4.79 Å². The zero-order chi connectivity index (χ0) is 23.4.